The number of rotatable bonds is 12. The second-order valence-electron chi connectivity index (χ2n) is 7.11. The number of Topliss-reactive ketones (excluding diaryl/α,β-unsaturated/α-hetero) is 3. The molecule has 0 bridgehead atoms. The molecule has 13 nitrogen and oxygen atoms in total. The predicted octanol–water partition coefficient (Wildman–Crippen LogP) is -4.10. The monoisotopic (exact) mass is 448 g/mol. The van der Waals surface area contributed by atoms with Gasteiger partial charge in [0.05, 0.1) is 12.2 Å². The van der Waals surface area contributed by atoms with E-state index in [-0.39, 0.29) is 6.29 Å². The quantitative estimate of drug-likeness (QED) is 0.0950. The number of hydrogen-bond acceptors (Lipinski definition) is 12. The van der Waals surface area contributed by atoms with E-state index in [4.69, 9.17) is 10.5 Å². The lowest BCUT2D eigenvalue weighted by Crippen LogP contribution is -2.78. The zero-order chi connectivity index (χ0) is 24.9. The van der Waals surface area contributed by atoms with Crippen molar-refractivity contribution < 1.29 is 53.9 Å². The van der Waals surface area contributed by atoms with Gasteiger partial charge in [0.15, 0.2) is 11.6 Å². The number of aldehydes is 1. The molecule has 0 aromatic rings. The van der Waals surface area contributed by atoms with Crippen LogP contribution in [0.4, 0.5) is 0 Å². The van der Waals surface area contributed by atoms with Gasteiger partial charge in [-0.05, 0) is 27.7 Å². The van der Waals surface area contributed by atoms with E-state index >= 15 is 0 Å². The van der Waals surface area contributed by atoms with Crippen molar-refractivity contribution in [2.75, 3.05) is 0 Å². The van der Waals surface area contributed by atoms with E-state index in [0.717, 1.165) is 20.8 Å². The maximum Gasteiger partial charge on any atom is 0.326 e. The maximum atomic E-state index is 12.9. The molecule has 0 aromatic carbocycles. The Bertz CT molecular complexity index is 751. The SMILES string of the molecule is CC(=O)N[C@@H](C=O)[C@](OC(=O)[C@@H](N)[C@@H](C)O)(C(C)=O)[C@](O)(C(C)=O)C(=O)C(O)C(C)O. The highest BCUT2D eigenvalue weighted by Crippen LogP contribution is 2.35. The molecule has 7 N–H and O–H groups in total. The second-order valence-corrected chi connectivity index (χ2v) is 7.11. The van der Waals surface area contributed by atoms with Crippen molar-refractivity contribution in [3.8, 4) is 0 Å². The minimum atomic E-state index is -3.75. The summed E-state index contributed by atoms with van der Waals surface area (Å²) < 4.78 is 4.95. The summed E-state index contributed by atoms with van der Waals surface area (Å²) in [5.74, 6) is -7.54. The lowest BCUT2D eigenvalue weighted by atomic mass is 9.68. The Morgan fingerprint density at radius 3 is 1.74 bits per heavy atom. The number of aliphatic hydroxyl groups is 4. The first-order chi connectivity index (χ1) is 14.0. The minimum Gasteiger partial charge on any atom is -0.443 e. The Balaban J connectivity index is 7.26. The number of aliphatic hydroxyl groups excluding tert-OH is 3. The molecule has 0 spiro atoms. The number of ether oxygens (including phenoxy) is 1. The van der Waals surface area contributed by atoms with Gasteiger partial charge in [-0.1, -0.05) is 0 Å². The van der Waals surface area contributed by atoms with Gasteiger partial charge in [-0.25, -0.2) is 0 Å². The summed E-state index contributed by atoms with van der Waals surface area (Å²) in [6.45, 7) is 4.08. The second kappa shape index (κ2) is 10.6. The summed E-state index contributed by atoms with van der Waals surface area (Å²) in [6.07, 6.45) is -6.09. The van der Waals surface area contributed by atoms with Gasteiger partial charge in [0.2, 0.25) is 22.9 Å². The van der Waals surface area contributed by atoms with Crippen LogP contribution in [0.1, 0.15) is 34.6 Å². The number of hydrogen-bond donors (Lipinski definition) is 6. The average Bonchev–Trinajstić information content (AvgIpc) is 2.66. The van der Waals surface area contributed by atoms with Gasteiger partial charge in [0.1, 0.15) is 24.5 Å². The summed E-state index contributed by atoms with van der Waals surface area (Å²) in [4.78, 5) is 73.9. The van der Waals surface area contributed by atoms with E-state index in [0.29, 0.717) is 13.8 Å². The molecule has 0 saturated carbocycles. The van der Waals surface area contributed by atoms with Crippen molar-refractivity contribution in [1.29, 1.82) is 0 Å². The van der Waals surface area contributed by atoms with Crippen molar-refractivity contribution in [3.63, 3.8) is 0 Å². The van der Waals surface area contributed by atoms with Gasteiger partial charge < -0.3 is 41.0 Å². The highest BCUT2D eigenvalue weighted by atomic mass is 16.6. The molecular weight excluding hydrogens is 420 g/mol. The fourth-order valence-electron chi connectivity index (χ4n) is 2.83. The van der Waals surface area contributed by atoms with Gasteiger partial charge in [-0.2, -0.15) is 0 Å². The lowest BCUT2D eigenvalue weighted by Gasteiger charge is -2.45. The third kappa shape index (κ3) is 5.37. The van der Waals surface area contributed by atoms with Crippen LogP contribution >= 0.6 is 0 Å². The molecule has 31 heavy (non-hydrogen) atoms. The number of carbonyl (C=O) groups is 6. The van der Waals surface area contributed by atoms with Gasteiger partial charge in [-0.3, -0.25) is 24.0 Å². The Hall–Kier alpha value is -2.58. The molecule has 7 atom stereocenters. The Labute approximate surface area is 177 Å². The highest BCUT2D eigenvalue weighted by molar-refractivity contribution is 6.18. The summed E-state index contributed by atoms with van der Waals surface area (Å²) >= 11 is 0. The van der Waals surface area contributed by atoms with Crippen LogP contribution in [0.25, 0.3) is 0 Å². The number of ketones is 3. The van der Waals surface area contributed by atoms with Crippen molar-refractivity contribution >= 4 is 35.5 Å². The molecule has 176 valence electrons. The van der Waals surface area contributed by atoms with Crippen LogP contribution in [0.3, 0.4) is 0 Å². The van der Waals surface area contributed by atoms with Crippen LogP contribution in [0.5, 0.6) is 0 Å². The number of amides is 1. The smallest absolute Gasteiger partial charge is 0.326 e. The fraction of sp³-hybridized carbons (Fsp3) is 0.667. The van der Waals surface area contributed by atoms with Crippen LogP contribution in [0, 0.1) is 0 Å². The number of nitrogens with two attached hydrogens (primary N) is 1. The molecule has 13 heteroatoms. The lowest BCUT2D eigenvalue weighted by molar-refractivity contribution is -0.211. The molecule has 0 aliphatic heterocycles. The maximum absolute atomic E-state index is 12.9. The van der Waals surface area contributed by atoms with Crippen LogP contribution in [0.2, 0.25) is 0 Å². The van der Waals surface area contributed by atoms with Crippen LogP contribution in [-0.4, -0.2) is 97.5 Å². The molecule has 0 rings (SSSR count). The predicted molar refractivity (Wildman–Crippen MR) is 101 cm³/mol. The number of carbonyl (C=O) groups excluding carboxylic acids is 6. The van der Waals surface area contributed by atoms with E-state index in [1.54, 1.807) is 0 Å². The van der Waals surface area contributed by atoms with Gasteiger partial charge >= 0.3 is 5.97 Å². The first kappa shape index (κ1) is 28.4. The molecular formula is C18H28N2O11. The molecule has 0 heterocycles. The fourth-order valence-corrected chi connectivity index (χ4v) is 2.83. The summed E-state index contributed by atoms with van der Waals surface area (Å²) in [5.41, 5.74) is -1.73. The van der Waals surface area contributed by atoms with Crippen molar-refractivity contribution in [2.45, 2.75) is 76.2 Å². The Morgan fingerprint density at radius 1 is 0.968 bits per heavy atom. The zero-order valence-corrected chi connectivity index (χ0v) is 17.7. The molecule has 0 aliphatic carbocycles. The van der Waals surface area contributed by atoms with Crippen molar-refractivity contribution in [1.82, 2.24) is 5.32 Å². The first-order valence-corrected chi connectivity index (χ1v) is 9.06. The van der Waals surface area contributed by atoms with Crippen LogP contribution in [0.15, 0.2) is 0 Å². The van der Waals surface area contributed by atoms with Crippen LogP contribution in [-0.2, 0) is 33.5 Å². The number of esters is 1. The molecule has 0 aromatic heterocycles. The third-order valence-electron chi connectivity index (χ3n) is 4.64. The average molecular weight is 448 g/mol. The Morgan fingerprint density at radius 2 is 1.45 bits per heavy atom. The zero-order valence-electron chi connectivity index (χ0n) is 17.7. The van der Waals surface area contributed by atoms with Crippen molar-refractivity contribution in [2.24, 2.45) is 5.73 Å². The summed E-state index contributed by atoms with van der Waals surface area (Å²) in [5, 5.41) is 42.1. The van der Waals surface area contributed by atoms with Crippen LogP contribution < -0.4 is 11.1 Å². The minimum absolute atomic E-state index is 0.181. The third-order valence-corrected chi connectivity index (χ3v) is 4.64. The van der Waals surface area contributed by atoms with Crippen molar-refractivity contribution in [3.05, 3.63) is 0 Å². The highest BCUT2D eigenvalue weighted by Gasteiger charge is 2.70. The topological polar surface area (TPSA) is 231 Å². The number of nitrogens with one attached hydrogen (secondary N) is 1. The standard InChI is InChI=1S/C18H28N2O11/c1-7(22)13(19)16(29)31-18(10(4)25,12(6-21)20-11(5)26)17(30,9(3)24)15(28)14(27)8(2)23/h6-8,12-14,22-23,27,30H,19H2,1-5H3,(H,20,26)/t7-,8?,12+,13+,14?,17+,18-/m1/s1. The molecule has 0 aliphatic rings. The van der Waals surface area contributed by atoms with Gasteiger partial charge in [0, 0.05) is 6.92 Å². The van der Waals surface area contributed by atoms with Gasteiger partial charge in [-0.15, -0.1) is 0 Å². The van der Waals surface area contributed by atoms with E-state index in [1.165, 1.54) is 0 Å². The molecule has 2 unspecified atom stereocenters. The van der Waals surface area contributed by atoms with E-state index < -0.39 is 70.8 Å². The van der Waals surface area contributed by atoms with E-state index in [2.05, 4.69) is 0 Å². The molecule has 1 amide bonds. The molecule has 0 saturated heterocycles. The Kier molecular flexibility index (Phi) is 9.75. The van der Waals surface area contributed by atoms with Gasteiger partial charge in [0.25, 0.3) is 0 Å². The van der Waals surface area contributed by atoms with E-state index in [1.807, 2.05) is 5.32 Å². The molecule has 0 radical (unpaired) electrons. The molecule has 0 fully saturated rings. The summed E-state index contributed by atoms with van der Waals surface area (Å²) in [6, 6.07) is -4.18. The summed E-state index contributed by atoms with van der Waals surface area (Å²) in [7, 11) is 0. The largest absolute Gasteiger partial charge is 0.443 e. The normalized spacial score (nSPS) is 19.9. The van der Waals surface area contributed by atoms with E-state index in [9.17, 15) is 49.2 Å². The first-order valence-electron chi connectivity index (χ1n) is 9.06.